The summed E-state index contributed by atoms with van der Waals surface area (Å²) in [6, 6.07) is 6.83. The molecule has 0 spiro atoms. The Morgan fingerprint density at radius 3 is 2.11 bits per heavy atom. The van der Waals surface area contributed by atoms with Crippen LogP contribution < -0.4 is 0 Å². The molecule has 0 bridgehead atoms. The highest BCUT2D eigenvalue weighted by molar-refractivity contribution is 5.89. The zero-order valence-electron chi connectivity index (χ0n) is 11.9. The van der Waals surface area contributed by atoms with Crippen LogP contribution in [-0.2, 0) is 20.9 Å². The summed E-state index contributed by atoms with van der Waals surface area (Å²) in [5.74, 6) is -0.595. The van der Waals surface area contributed by atoms with Crippen LogP contribution in [0.5, 0.6) is 0 Å². The molecule has 0 saturated heterocycles. The Morgan fingerprint density at radius 1 is 1.05 bits per heavy atom. The highest BCUT2D eigenvalue weighted by Crippen LogP contribution is 2.16. The molecule has 0 atom stereocenters. The van der Waals surface area contributed by atoms with E-state index in [1.54, 1.807) is 52.0 Å². The molecule has 0 unspecified atom stereocenters. The molecular formula is C15H20O4. The molecule has 0 aliphatic heterocycles. The molecular weight excluding hydrogens is 244 g/mol. The van der Waals surface area contributed by atoms with E-state index in [4.69, 9.17) is 9.47 Å². The summed E-state index contributed by atoms with van der Waals surface area (Å²) in [4.78, 5) is 23.0. The van der Waals surface area contributed by atoms with Gasteiger partial charge in [-0.1, -0.05) is 12.1 Å². The molecule has 0 fully saturated rings. The van der Waals surface area contributed by atoms with Crippen molar-refractivity contribution in [3.63, 3.8) is 0 Å². The Labute approximate surface area is 113 Å². The third-order valence-electron chi connectivity index (χ3n) is 2.45. The first-order valence-electron chi connectivity index (χ1n) is 6.28. The third kappa shape index (κ3) is 4.73. The Balaban J connectivity index is 2.58. The third-order valence-corrected chi connectivity index (χ3v) is 2.45. The minimum absolute atomic E-state index is 0.208. The highest BCUT2D eigenvalue weighted by atomic mass is 16.5. The molecule has 0 aliphatic rings. The monoisotopic (exact) mass is 264 g/mol. The van der Waals surface area contributed by atoms with Crippen molar-refractivity contribution in [1.29, 1.82) is 0 Å². The van der Waals surface area contributed by atoms with Crippen molar-refractivity contribution >= 4 is 11.9 Å². The highest BCUT2D eigenvalue weighted by Gasteiger charge is 2.22. The van der Waals surface area contributed by atoms with Crippen LogP contribution in [0.15, 0.2) is 24.3 Å². The van der Waals surface area contributed by atoms with Gasteiger partial charge in [0.05, 0.1) is 17.6 Å². The number of carbonyl (C=O) groups is 2. The first-order chi connectivity index (χ1) is 8.84. The fourth-order valence-corrected chi connectivity index (χ4v) is 1.32. The van der Waals surface area contributed by atoms with E-state index >= 15 is 0 Å². The second kappa shape index (κ2) is 6.36. The number of hydrogen-bond acceptors (Lipinski definition) is 4. The van der Waals surface area contributed by atoms with Gasteiger partial charge in [0.1, 0.15) is 6.61 Å². The number of hydrogen-bond donors (Lipinski definition) is 0. The topological polar surface area (TPSA) is 52.6 Å². The predicted octanol–water partition coefficient (Wildman–Crippen LogP) is 2.95. The van der Waals surface area contributed by atoms with E-state index in [2.05, 4.69) is 0 Å². The van der Waals surface area contributed by atoms with Crippen molar-refractivity contribution in [1.82, 2.24) is 0 Å². The Hall–Kier alpha value is -1.84. The Morgan fingerprint density at radius 2 is 1.63 bits per heavy atom. The van der Waals surface area contributed by atoms with Crippen molar-refractivity contribution in [2.24, 2.45) is 5.41 Å². The van der Waals surface area contributed by atoms with E-state index in [1.807, 2.05) is 0 Å². The SMILES string of the molecule is CCOC(=O)c1ccc(COC(=O)C(C)(C)C)cc1. The van der Waals surface area contributed by atoms with Crippen LogP contribution in [0.25, 0.3) is 0 Å². The van der Waals surface area contributed by atoms with Gasteiger partial charge in [0, 0.05) is 0 Å². The molecule has 0 N–H and O–H groups in total. The second-order valence-corrected chi connectivity index (χ2v) is 5.24. The first-order valence-corrected chi connectivity index (χ1v) is 6.28. The number of esters is 2. The average Bonchev–Trinajstić information content (AvgIpc) is 2.35. The molecule has 1 rings (SSSR count). The molecule has 0 radical (unpaired) electrons. The van der Waals surface area contributed by atoms with Crippen molar-refractivity contribution < 1.29 is 19.1 Å². The Bertz CT molecular complexity index is 440. The van der Waals surface area contributed by atoms with Crippen molar-refractivity contribution in [3.8, 4) is 0 Å². The molecule has 0 amide bonds. The average molecular weight is 264 g/mol. The van der Waals surface area contributed by atoms with Crippen molar-refractivity contribution in [3.05, 3.63) is 35.4 Å². The molecule has 104 valence electrons. The van der Waals surface area contributed by atoms with E-state index < -0.39 is 5.41 Å². The van der Waals surface area contributed by atoms with E-state index in [1.165, 1.54) is 0 Å². The lowest BCUT2D eigenvalue weighted by Crippen LogP contribution is -2.22. The molecule has 0 saturated carbocycles. The lowest BCUT2D eigenvalue weighted by molar-refractivity contribution is -0.154. The van der Waals surface area contributed by atoms with Crippen LogP contribution in [0.1, 0.15) is 43.6 Å². The summed E-state index contributed by atoms with van der Waals surface area (Å²) < 4.78 is 10.1. The smallest absolute Gasteiger partial charge is 0.338 e. The lowest BCUT2D eigenvalue weighted by atomic mass is 9.97. The number of benzene rings is 1. The van der Waals surface area contributed by atoms with Crippen molar-refractivity contribution in [2.75, 3.05) is 6.61 Å². The van der Waals surface area contributed by atoms with Gasteiger partial charge < -0.3 is 9.47 Å². The summed E-state index contributed by atoms with van der Waals surface area (Å²) >= 11 is 0. The van der Waals surface area contributed by atoms with Crippen LogP contribution in [-0.4, -0.2) is 18.5 Å². The van der Waals surface area contributed by atoms with Gasteiger partial charge in [-0.15, -0.1) is 0 Å². The molecule has 1 aromatic rings. The summed E-state index contributed by atoms with van der Waals surface area (Å²) in [5, 5.41) is 0. The molecule has 1 aromatic carbocycles. The summed E-state index contributed by atoms with van der Waals surface area (Å²) in [5.41, 5.74) is 0.823. The number of carbonyl (C=O) groups excluding carboxylic acids is 2. The predicted molar refractivity (Wildman–Crippen MR) is 71.6 cm³/mol. The van der Waals surface area contributed by atoms with Gasteiger partial charge in [-0.05, 0) is 45.4 Å². The van der Waals surface area contributed by atoms with Crippen LogP contribution >= 0.6 is 0 Å². The number of ether oxygens (including phenoxy) is 2. The number of rotatable bonds is 4. The molecule has 0 heterocycles. The maximum Gasteiger partial charge on any atom is 0.338 e. The summed E-state index contributed by atoms with van der Waals surface area (Å²) in [6.45, 7) is 7.73. The molecule has 0 aromatic heterocycles. The summed E-state index contributed by atoms with van der Waals surface area (Å²) in [6.07, 6.45) is 0. The first kappa shape index (κ1) is 15.2. The van der Waals surface area contributed by atoms with E-state index in [0.29, 0.717) is 12.2 Å². The van der Waals surface area contributed by atoms with Crippen molar-refractivity contribution in [2.45, 2.75) is 34.3 Å². The van der Waals surface area contributed by atoms with Gasteiger partial charge in [-0.25, -0.2) is 4.79 Å². The van der Waals surface area contributed by atoms with Gasteiger partial charge in [0.2, 0.25) is 0 Å². The molecule has 19 heavy (non-hydrogen) atoms. The fraction of sp³-hybridized carbons (Fsp3) is 0.467. The minimum atomic E-state index is -0.509. The Kier molecular flexibility index (Phi) is 5.10. The molecule has 4 nitrogen and oxygen atoms in total. The zero-order chi connectivity index (χ0) is 14.5. The molecule has 4 heteroatoms. The van der Waals surface area contributed by atoms with Gasteiger partial charge >= 0.3 is 11.9 Å². The van der Waals surface area contributed by atoms with Gasteiger partial charge in [-0.3, -0.25) is 4.79 Å². The van der Waals surface area contributed by atoms with Gasteiger partial charge in [0.15, 0.2) is 0 Å². The van der Waals surface area contributed by atoms with Gasteiger partial charge in [-0.2, -0.15) is 0 Å². The largest absolute Gasteiger partial charge is 0.462 e. The second-order valence-electron chi connectivity index (χ2n) is 5.24. The van der Waals surface area contributed by atoms with Crippen LogP contribution in [0.4, 0.5) is 0 Å². The minimum Gasteiger partial charge on any atom is -0.462 e. The van der Waals surface area contributed by atoms with Crippen LogP contribution in [0, 0.1) is 5.41 Å². The van der Waals surface area contributed by atoms with E-state index in [0.717, 1.165) is 5.56 Å². The van der Waals surface area contributed by atoms with Gasteiger partial charge in [0.25, 0.3) is 0 Å². The maximum atomic E-state index is 11.6. The van der Waals surface area contributed by atoms with Crippen LogP contribution in [0.2, 0.25) is 0 Å². The standard InChI is InChI=1S/C15H20O4/c1-5-18-13(16)12-8-6-11(7-9-12)10-19-14(17)15(2,3)4/h6-9H,5,10H2,1-4H3. The lowest BCUT2D eigenvalue weighted by Gasteiger charge is -2.16. The maximum absolute atomic E-state index is 11.6. The summed E-state index contributed by atoms with van der Waals surface area (Å²) in [7, 11) is 0. The quantitative estimate of drug-likeness (QED) is 0.784. The molecule has 0 aliphatic carbocycles. The fourth-order valence-electron chi connectivity index (χ4n) is 1.32. The normalized spacial score (nSPS) is 10.9. The van der Waals surface area contributed by atoms with Crippen LogP contribution in [0.3, 0.4) is 0 Å². The van der Waals surface area contributed by atoms with E-state index in [-0.39, 0.29) is 18.5 Å². The zero-order valence-corrected chi connectivity index (χ0v) is 11.9. The van der Waals surface area contributed by atoms with E-state index in [9.17, 15) is 9.59 Å².